The molecule has 3 rings (SSSR count). The second-order valence-electron chi connectivity index (χ2n) is 4.37. The smallest absolute Gasteiger partial charge is 0.0984 e. The van der Waals surface area contributed by atoms with Crippen molar-refractivity contribution in [3.63, 3.8) is 0 Å². The van der Waals surface area contributed by atoms with Crippen LogP contribution in [-0.2, 0) is 6.42 Å². The molecule has 0 radical (unpaired) electrons. The van der Waals surface area contributed by atoms with E-state index in [4.69, 9.17) is 0 Å². The third-order valence-corrected chi connectivity index (χ3v) is 3.33. The van der Waals surface area contributed by atoms with Gasteiger partial charge in [0.1, 0.15) is 0 Å². The maximum Gasteiger partial charge on any atom is 0.0984 e. The van der Waals surface area contributed by atoms with E-state index in [9.17, 15) is 20.8 Å². The van der Waals surface area contributed by atoms with Crippen molar-refractivity contribution < 1.29 is 10.4 Å². The molecule has 0 spiro atoms. The molecule has 0 atom stereocenters. The molecule has 2 aromatic carbocycles. The molecule has 6 nitrogen and oxygen atoms in total. The van der Waals surface area contributed by atoms with Gasteiger partial charge in [-0.1, -0.05) is 18.2 Å². The fourth-order valence-corrected chi connectivity index (χ4v) is 2.47. The zero-order valence-corrected chi connectivity index (χ0v) is 9.78. The summed E-state index contributed by atoms with van der Waals surface area (Å²) in [6, 6.07) is 9.76. The zero-order valence-electron chi connectivity index (χ0n) is 9.78. The summed E-state index contributed by atoms with van der Waals surface area (Å²) in [5.74, 6) is 0. The van der Waals surface area contributed by atoms with Crippen LogP contribution in [0.25, 0.3) is 11.1 Å². The minimum Gasteiger partial charge on any atom is -0.769 e. The summed E-state index contributed by atoms with van der Waals surface area (Å²) in [7, 11) is 0. The van der Waals surface area contributed by atoms with Crippen LogP contribution in [0.3, 0.4) is 0 Å². The van der Waals surface area contributed by atoms with Gasteiger partial charge in [0.25, 0.3) is 0 Å². The van der Waals surface area contributed by atoms with Crippen molar-refractivity contribution in [3.8, 4) is 11.1 Å². The monoisotopic (exact) mass is 258 g/mol. The van der Waals surface area contributed by atoms with E-state index < -0.39 is 5.23 Å². The predicted octanol–water partition coefficient (Wildman–Crippen LogP) is 2.64. The fourth-order valence-electron chi connectivity index (χ4n) is 2.47. The second-order valence-corrected chi connectivity index (χ2v) is 4.37. The molecule has 1 aliphatic rings. The first-order chi connectivity index (χ1) is 9.08. The first-order valence-corrected chi connectivity index (χ1v) is 5.65. The highest BCUT2D eigenvalue weighted by Crippen LogP contribution is 2.42. The Morgan fingerprint density at radius 3 is 2.47 bits per heavy atom. The van der Waals surface area contributed by atoms with Gasteiger partial charge in [0.05, 0.1) is 5.69 Å². The van der Waals surface area contributed by atoms with E-state index in [1.54, 1.807) is 18.2 Å². The lowest BCUT2D eigenvalue weighted by Crippen LogP contribution is -2.12. The summed E-state index contributed by atoms with van der Waals surface area (Å²) in [6.07, 6.45) is 0.524. The molecule has 2 aromatic rings. The van der Waals surface area contributed by atoms with Crippen molar-refractivity contribution in [2.75, 3.05) is 10.5 Å². The number of hydrogen-bond acceptors (Lipinski definition) is 6. The van der Waals surface area contributed by atoms with E-state index >= 15 is 0 Å². The highest BCUT2D eigenvalue weighted by Gasteiger charge is 2.22. The van der Waals surface area contributed by atoms with Crippen LogP contribution in [0.2, 0.25) is 0 Å². The summed E-state index contributed by atoms with van der Waals surface area (Å²) in [6.45, 7) is 0. The maximum absolute atomic E-state index is 10.8. The van der Waals surface area contributed by atoms with Gasteiger partial charge in [-0.05, 0) is 40.5 Å². The third kappa shape index (κ3) is 1.83. The van der Waals surface area contributed by atoms with E-state index in [2.05, 4.69) is 0 Å². The summed E-state index contributed by atoms with van der Waals surface area (Å²) in [5.41, 5.74) is 3.58. The van der Waals surface area contributed by atoms with Gasteiger partial charge in [-0.3, -0.25) is 10.4 Å². The Kier molecular flexibility index (Phi) is 2.65. The van der Waals surface area contributed by atoms with Gasteiger partial charge in [0.2, 0.25) is 0 Å². The minimum atomic E-state index is -0.438. The molecule has 0 amide bonds. The lowest BCUT2D eigenvalue weighted by molar-refractivity contribution is 0.0288. The largest absolute Gasteiger partial charge is 0.769 e. The first-order valence-electron chi connectivity index (χ1n) is 5.65. The van der Waals surface area contributed by atoms with Crippen LogP contribution < -0.4 is 10.5 Å². The van der Waals surface area contributed by atoms with Crippen molar-refractivity contribution in [3.05, 3.63) is 57.9 Å². The van der Waals surface area contributed by atoms with E-state index in [1.807, 2.05) is 6.07 Å². The maximum atomic E-state index is 10.8. The van der Waals surface area contributed by atoms with Gasteiger partial charge in [-0.25, -0.2) is 0 Å². The summed E-state index contributed by atoms with van der Waals surface area (Å²) in [5, 5.41) is 39.6. The molecule has 98 valence electrons. The Hall–Kier alpha value is -2.12. The van der Waals surface area contributed by atoms with Crippen LogP contribution in [0.4, 0.5) is 11.4 Å². The standard InChI is InChI=1S/C13H10N2O4/c16-14(17)9-5-4-8-6-12-10(11(8)7-9)2-1-3-13(12)15(18)19/h1-5,7,18-19H,6H2/q-2. The molecule has 0 aliphatic heterocycles. The number of fused-ring (bicyclic) bond motifs is 3. The zero-order chi connectivity index (χ0) is 13.6. The molecule has 0 unspecified atom stereocenters. The molecule has 2 N–H and O–H groups in total. The van der Waals surface area contributed by atoms with Crippen molar-refractivity contribution in [1.82, 2.24) is 0 Å². The quantitative estimate of drug-likeness (QED) is 0.686. The molecule has 0 bridgehead atoms. The van der Waals surface area contributed by atoms with Crippen LogP contribution in [0.1, 0.15) is 11.1 Å². The van der Waals surface area contributed by atoms with Crippen LogP contribution in [0, 0.1) is 10.4 Å². The molecular weight excluding hydrogens is 248 g/mol. The molecule has 0 heterocycles. The normalized spacial score (nSPS) is 12.0. The molecule has 0 saturated heterocycles. The third-order valence-electron chi connectivity index (χ3n) is 3.33. The minimum absolute atomic E-state index is 0.0295. The summed E-state index contributed by atoms with van der Waals surface area (Å²) in [4.78, 5) is 0. The average Bonchev–Trinajstić information content (AvgIpc) is 2.75. The molecule has 0 aromatic heterocycles. The Labute approximate surface area is 108 Å². The van der Waals surface area contributed by atoms with E-state index in [1.165, 1.54) is 12.1 Å². The lowest BCUT2D eigenvalue weighted by atomic mass is 10.0. The Morgan fingerprint density at radius 2 is 1.79 bits per heavy atom. The topological polar surface area (TPSA) is 93.1 Å². The average molecular weight is 258 g/mol. The van der Waals surface area contributed by atoms with Crippen LogP contribution in [0.5, 0.6) is 0 Å². The lowest BCUT2D eigenvalue weighted by Gasteiger charge is -2.37. The van der Waals surface area contributed by atoms with Gasteiger partial charge < -0.3 is 15.6 Å². The van der Waals surface area contributed by atoms with E-state index in [0.717, 1.165) is 22.3 Å². The highest BCUT2D eigenvalue weighted by atomic mass is 16.8. The summed E-state index contributed by atoms with van der Waals surface area (Å²) >= 11 is 0. The number of nitrogens with zero attached hydrogens (tertiary/aromatic N) is 2. The molecular formula is C13H10N2O4-2. The second kappa shape index (κ2) is 4.22. The number of anilines is 2. The SMILES string of the molecule is [O-]N([O-])c1ccc2c(c1)-c1cccc(N(O)O)c1C2. The fraction of sp³-hybridized carbons (Fsp3) is 0.0769. The van der Waals surface area contributed by atoms with Crippen molar-refractivity contribution in [1.29, 1.82) is 0 Å². The van der Waals surface area contributed by atoms with Crippen molar-refractivity contribution in [2.45, 2.75) is 6.42 Å². The molecule has 0 saturated carbocycles. The van der Waals surface area contributed by atoms with Gasteiger partial charge in [0.15, 0.2) is 0 Å². The molecule has 0 fully saturated rings. The van der Waals surface area contributed by atoms with Gasteiger partial charge >= 0.3 is 0 Å². The van der Waals surface area contributed by atoms with Crippen LogP contribution in [0.15, 0.2) is 36.4 Å². The van der Waals surface area contributed by atoms with Gasteiger partial charge in [-0.2, -0.15) is 0 Å². The Bertz CT molecular complexity index is 641. The van der Waals surface area contributed by atoms with Crippen LogP contribution in [-0.4, -0.2) is 10.4 Å². The van der Waals surface area contributed by atoms with Crippen molar-refractivity contribution >= 4 is 11.4 Å². The van der Waals surface area contributed by atoms with Gasteiger partial charge in [0, 0.05) is 12.1 Å². The number of rotatable bonds is 2. The van der Waals surface area contributed by atoms with Crippen LogP contribution >= 0.6 is 0 Å². The van der Waals surface area contributed by atoms with Gasteiger partial charge in [-0.15, -0.1) is 5.23 Å². The molecule has 1 aliphatic carbocycles. The van der Waals surface area contributed by atoms with E-state index in [0.29, 0.717) is 6.42 Å². The number of benzene rings is 2. The van der Waals surface area contributed by atoms with Crippen molar-refractivity contribution in [2.24, 2.45) is 0 Å². The highest BCUT2D eigenvalue weighted by molar-refractivity contribution is 5.83. The summed E-state index contributed by atoms with van der Waals surface area (Å²) < 4.78 is 0. The Morgan fingerprint density at radius 1 is 1.00 bits per heavy atom. The first kappa shape index (κ1) is 11.9. The Balaban J connectivity index is 2.17. The predicted molar refractivity (Wildman–Crippen MR) is 69.9 cm³/mol. The molecule has 19 heavy (non-hydrogen) atoms. The van der Waals surface area contributed by atoms with E-state index in [-0.39, 0.29) is 16.6 Å². The number of hydrogen-bond donors (Lipinski definition) is 2. The molecule has 6 heteroatoms.